The molecule has 2 aromatic rings. The Kier molecular flexibility index (Phi) is 5.37. The van der Waals surface area contributed by atoms with Crippen LogP contribution in [0.4, 0.5) is 17.1 Å². The van der Waals surface area contributed by atoms with Gasteiger partial charge in [-0.3, -0.25) is 14.9 Å². The Balaban J connectivity index is 1.52. The molecule has 5 rings (SSSR count). The number of hydrogen-bond acceptors (Lipinski definition) is 5. The Bertz CT molecular complexity index is 1060. The molecule has 2 aromatic carbocycles. The molecule has 1 amide bonds. The van der Waals surface area contributed by atoms with Crippen molar-refractivity contribution in [1.29, 1.82) is 0 Å². The van der Waals surface area contributed by atoms with Gasteiger partial charge < -0.3 is 14.7 Å². The quantitative estimate of drug-likeness (QED) is 0.531. The molecular formula is C25H30N4O3. The van der Waals surface area contributed by atoms with Crippen LogP contribution in [0.3, 0.4) is 0 Å². The molecule has 7 heteroatoms. The van der Waals surface area contributed by atoms with Crippen LogP contribution < -0.4 is 9.80 Å². The van der Waals surface area contributed by atoms with E-state index in [1.54, 1.807) is 12.1 Å². The number of anilines is 2. The number of likely N-dealkylation sites (N-methyl/N-ethyl adjacent to an activating group) is 1. The van der Waals surface area contributed by atoms with Crippen molar-refractivity contribution in [3.05, 3.63) is 63.2 Å². The zero-order chi connectivity index (χ0) is 22.4. The Morgan fingerprint density at radius 1 is 1.03 bits per heavy atom. The van der Waals surface area contributed by atoms with Gasteiger partial charge in [0.05, 0.1) is 4.92 Å². The number of fused-ring (bicyclic) bond motifs is 3. The molecule has 0 saturated carbocycles. The van der Waals surface area contributed by atoms with Gasteiger partial charge in [0.1, 0.15) is 5.69 Å². The van der Waals surface area contributed by atoms with Crippen molar-refractivity contribution in [2.75, 3.05) is 43.0 Å². The van der Waals surface area contributed by atoms with E-state index in [1.807, 2.05) is 17.0 Å². The van der Waals surface area contributed by atoms with Crippen LogP contribution in [0, 0.1) is 17.0 Å². The number of hydrogen-bond donors (Lipinski definition) is 0. The number of rotatable bonds is 3. The van der Waals surface area contributed by atoms with Crippen LogP contribution in [0.1, 0.15) is 53.1 Å². The Labute approximate surface area is 188 Å². The van der Waals surface area contributed by atoms with Gasteiger partial charge in [0, 0.05) is 48.9 Å². The fourth-order valence-electron chi connectivity index (χ4n) is 5.69. The topological polar surface area (TPSA) is 69.9 Å². The minimum absolute atomic E-state index is 0.0287. The van der Waals surface area contributed by atoms with Gasteiger partial charge in [-0.1, -0.05) is 17.7 Å². The van der Waals surface area contributed by atoms with Crippen molar-refractivity contribution >= 4 is 23.0 Å². The third-order valence-corrected chi connectivity index (χ3v) is 7.29. The van der Waals surface area contributed by atoms with E-state index in [0.29, 0.717) is 11.3 Å². The summed E-state index contributed by atoms with van der Waals surface area (Å²) < 4.78 is 0. The fraction of sp³-hybridized carbons (Fsp3) is 0.480. The van der Waals surface area contributed by atoms with E-state index < -0.39 is 0 Å². The van der Waals surface area contributed by atoms with Crippen LogP contribution in [0.25, 0.3) is 0 Å². The fourth-order valence-corrected chi connectivity index (χ4v) is 5.69. The number of piperidine rings is 2. The number of amides is 1. The summed E-state index contributed by atoms with van der Waals surface area (Å²) in [4.78, 5) is 31.6. The van der Waals surface area contributed by atoms with E-state index in [-0.39, 0.29) is 28.5 Å². The molecule has 2 saturated heterocycles. The van der Waals surface area contributed by atoms with E-state index in [9.17, 15) is 14.9 Å². The number of nitro benzene ring substituents is 1. The summed E-state index contributed by atoms with van der Waals surface area (Å²) in [5.74, 6) is 0.135. The maximum absolute atomic E-state index is 13.8. The highest BCUT2D eigenvalue weighted by molar-refractivity contribution is 6.09. The standard InChI is InChI=1S/C25H30N4O3/c1-17-6-8-21-19(14-17)20-16-26(2)13-10-22(20)28(21)25(30)18-7-9-23(24(15-18)29(31)32)27-11-4-3-5-12-27/h6-9,14-15,20,22H,3-5,10-13,16H2,1-2H3/t20-,22-/m0/s1. The Morgan fingerprint density at radius 3 is 2.53 bits per heavy atom. The number of aryl methyl sites for hydroxylation is 1. The van der Waals surface area contributed by atoms with E-state index in [0.717, 1.165) is 57.5 Å². The average molecular weight is 435 g/mol. The lowest BCUT2D eigenvalue weighted by Gasteiger charge is -2.36. The molecule has 0 spiro atoms. The predicted molar refractivity (Wildman–Crippen MR) is 126 cm³/mol. The summed E-state index contributed by atoms with van der Waals surface area (Å²) in [6.45, 7) is 5.58. The normalized spacial score (nSPS) is 23.1. The van der Waals surface area contributed by atoms with Crippen LogP contribution >= 0.6 is 0 Å². The van der Waals surface area contributed by atoms with Gasteiger partial charge in [0.15, 0.2) is 0 Å². The summed E-state index contributed by atoms with van der Waals surface area (Å²) in [6, 6.07) is 11.4. The van der Waals surface area contributed by atoms with Crippen molar-refractivity contribution in [2.45, 2.75) is 44.6 Å². The summed E-state index contributed by atoms with van der Waals surface area (Å²) in [6.07, 6.45) is 4.14. The molecule has 0 N–H and O–H groups in total. The second kappa shape index (κ2) is 8.20. The van der Waals surface area contributed by atoms with Crippen LogP contribution in [-0.4, -0.2) is 55.0 Å². The van der Waals surface area contributed by atoms with Crippen LogP contribution in [0.5, 0.6) is 0 Å². The van der Waals surface area contributed by atoms with Gasteiger partial charge in [-0.05, 0) is 70.0 Å². The first kappa shape index (κ1) is 20.9. The van der Waals surface area contributed by atoms with Crippen LogP contribution in [0.2, 0.25) is 0 Å². The van der Waals surface area contributed by atoms with Gasteiger partial charge in [0.25, 0.3) is 11.6 Å². The zero-order valence-corrected chi connectivity index (χ0v) is 18.8. The van der Waals surface area contributed by atoms with E-state index in [4.69, 9.17) is 0 Å². The van der Waals surface area contributed by atoms with Crippen LogP contribution in [0.15, 0.2) is 36.4 Å². The second-order valence-electron chi connectivity index (χ2n) is 9.47. The lowest BCUT2D eigenvalue weighted by molar-refractivity contribution is -0.384. The molecule has 0 bridgehead atoms. The molecular weight excluding hydrogens is 404 g/mol. The summed E-state index contributed by atoms with van der Waals surface area (Å²) in [5.41, 5.74) is 4.40. The molecule has 168 valence electrons. The summed E-state index contributed by atoms with van der Waals surface area (Å²) >= 11 is 0. The highest BCUT2D eigenvalue weighted by Crippen LogP contribution is 2.46. The van der Waals surface area contributed by atoms with Crippen molar-refractivity contribution in [2.24, 2.45) is 0 Å². The molecule has 3 aliphatic heterocycles. The average Bonchev–Trinajstić information content (AvgIpc) is 3.11. The molecule has 0 unspecified atom stereocenters. The maximum atomic E-state index is 13.8. The first-order valence-corrected chi connectivity index (χ1v) is 11.6. The molecule has 7 nitrogen and oxygen atoms in total. The number of likely N-dealkylation sites (tertiary alicyclic amines) is 1. The highest BCUT2D eigenvalue weighted by atomic mass is 16.6. The minimum atomic E-state index is -0.347. The molecule has 0 aromatic heterocycles. The minimum Gasteiger partial charge on any atom is -0.366 e. The van der Waals surface area contributed by atoms with Gasteiger partial charge in [-0.15, -0.1) is 0 Å². The number of nitrogens with zero attached hydrogens (tertiary/aromatic N) is 4. The Morgan fingerprint density at radius 2 is 1.78 bits per heavy atom. The van der Waals surface area contributed by atoms with Gasteiger partial charge in [0.2, 0.25) is 0 Å². The molecule has 2 atom stereocenters. The zero-order valence-electron chi connectivity index (χ0n) is 18.8. The second-order valence-corrected chi connectivity index (χ2v) is 9.47. The maximum Gasteiger partial charge on any atom is 0.293 e. The lowest BCUT2D eigenvalue weighted by atomic mass is 9.88. The first-order valence-electron chi connectivity index (χ1n) is 11.6. The van der Waals surface area contributed by atoms with Crippen molar-refractivity contribution < 1.29 is 9.72 Å². The predicted octanol–water partition coefficient (Wildman–Crippen LogP) is 4.34. The van der Waals surface area contributed by atoms with Crippen molar-refractivity contribution in [3.63, 3.8) is 0 Å². The third-order valence-electron chi connectivity index (χ3n) is 7.29. The summed E-state index contributed by atoms with van der Waals surface area (Å²) in [5, 5.41) is 11.9. The van der Waals surface area contributed by atoms with E-state index in [2.05, 4.69) is 29.8 Å². The number of carbonyl (C=O) groups is 1. The van der Waals surface area contributed by atoms with Gasteiger partial charge >= 0.3 is 0 Å². The van der Waals surface area contributed by atoms with Gasteiger partial charge in [-0.2, -0.15) is 0 Å². The van der Waals surface area contributed by atoms with E-state index >= 15 is 0 Å². The lowest BCUT2D eigenvalue weighted by Crippen LogP contribution is -2.47. The number of carbonyl (C=O) groups excluding carboxylic acids is 1. The monoisotopic (exact) mass is 434 g/mol. The van der Waals surface area contributed by atoms with Gasteiger partial charge in [-0.25, -0.2) is 0 Å². The SMILES string of the molecule is Cc1ccc2c(c1)[C@@H]1CN(C)CC[C@@H]1N2C(=O)c1ccc(N2CCCCC2)c([N+](=O)[O-])c1. The van der Waals surface area contributed by atoms with Crippen LogP contribution in [-0.2, 0) is 0 Å². The first-order chi connectivity index (χ1) is 15.4. The molecule has 0 aliphatic carbocycles. The largest absolute Gasteiger partial charge is 0.366 e. The van der Waals surface area contributed by atoms with E-state index in [1.165, 1.54) is 17.2 Å². The highest BCUT2D eigenvalue weighted by Gasteiger charge is 2.44. The molecule has 0 radical (unpaired) electrons. The number of nitro groups is 1. The summed E-state index contributed by atoms with van der Waals surface area (Å²) in [7, 11) is 2.12. The van der Waals surface area contributed by atoms with Crippen molar-refractivity contribution in [1.82, 2.24) is 4.90 Å². The number of benzene rings is 2. The molecule has 3 heterocycles. The molecule has 2 fully saturated rings. The molecule has 3 aliphatic rings. The smallest absolute Gasteiger partial charge is 0.293 e. The third kappa shape index (κ3) is 3.54. The van der Waals surface area contributed by atoms with Crippen molar-refractivity contribution in [3.8, 4) is 0 Å². The Hall–Kier alpha value is -2.93. The molecule has 32 heavy (non-hydrogen) atoms.